The molecule has 1 saturated carbocycles. The molecule has 1 aliphatic carbocycles. The van der Waals surface area contributed by atoms with Crippen LogP contribution in [0, 0.1) is 6.92 Å². The highest BCUT2D eigenvalue weighted by atomic mass is 16.5. The van der Waals surface area contributed by atoms with Crippen molar-refractivity contribution in [2.75, 3.05) is 7.11 Å². The number of methoxy groups -OCH3 is 1. The van der Waals surface area contributed by atoms with Crippen LogP contribution < -0.4 is 0 Å². The van der Waals surface area contributed by atoms with Crippen molar-refractivity contribution in [3.05, 3.63) is 18.0 Å². The van der Waals surface area contributed by atoms with Gasteiger partial charge in [-0.25, -0.2) is 0 Å². The van der Waals surface area contributed by atoms with Crippen molar-refractivity contribution in [2.24, 2.45) is 0 Å². The van der Waals surface area contributed by atoms with Gasteiger partial charge in [-0.15, -0.1) is 0 Å². The van der Waals surface area contributed by atoms with Crippen molar-refractivity contribution in [1.82, 2.24) is 9.78 Å². The van der Waals surface area contributed by atoms with Gasteiger partial charge in [-0.3, -0.25) is 4.68 Å². The Morgan fingerprint density at radius 3 is 2.50 bits per heavy atom. The largest absolute Gasteiger partial charge is 0.381 e. The predicted octanol–water partition coefficient (Wildman–Crippen LogP) is 2.57. The van der Waals surface area contributed by atoms with Crippen LogP contribution in [0.3, 0.4) is 0 Å². The van der Waals surface area contributed by atoms with E-state index in [2.05, 4.69) is 16.7 Å². The van der Waals surface area contributed by atoms with E-state index in [0.29, 0.717) is 12.1 Å². The first-order chi connectivity index (χ1) is 6.81. The summed E-state index contributed by atoms with van der Waals surface area (Å²) in [5, 5.41) is 4.27. The second-order valence-corrected chi connectivity index (χ2v) is 3.40. The lowest BCUT2D eigenvalue weighted by Crippen LogP contribution is -2.33. The summed E-state index contributed by atoms with van der Waals surface area (Å²) < 4.78 is 7.31. The average Bonchev–Trinajstić information content (AvgIpc) is 2.54. The highest BCUT2D eigenvalue weighted by molar-refractivity contribution is 5.01. The average molecular weight is 196 g/mol. The van der Waals surface area contributed by atoms with Crippen molar-refractivity contribution in [3.63, 3.8) is 0 Å². The van der Waals surface area contributed by atoms with Crippen LogP contribution in [-0.2, 0) is 4.74 Å². The van der Waals surface area contributed by atoms with Gasteiger partial charge in [0.25, 0.3) is 0 Å². The van der Waals surface area contributed by atoms with Gasteiger partial charge in [-0.2, -0.15) is 5.10 Å². The standard InChI is InChI=1S/C9H14N2O.C2H6/c1-7-3-4-10-11(7)8-5-9(6-8)12-2;1-2/h3-4,8-9H,5-6H2,1-2H3;1-2H3. The SMILES string of the molecule is CC.COC1CC(n2nccc2C)C1. The Kier molecular flexibility index (Phi) is 4.14. The third-order valence-corrected chi connectivity index (χ3v) is 2.62. The zero-order chi connectivity index (χ0) is 10.6. The Morgan fingerprint density at radius 2 is 2.07 bits per heavy atom. The molecule has 80 valence electrons. The van der Waals surface area contributed by atoms with E-state index in [9.17, 15) is 0 Å². The minimum atomic E-state index is 0.457. The van der Waals surface area contributed by atoms with Crippen LogP contribution in [0.4, 0.5) is 0 Å². The molecule has 3 heteroatoms. The molecule has 0 unspecified atom stereocenters. The number of hydrogen-bond acceptors (Lipinski definition) is 2. The molecule has 0 aromatic carbocycles. The molecule has 0 spiro atoms. The number of ether oxygens (including phenoxy) is 1. The van der Waals surface area contributed by atoms with Crippen molar-refractivity contribution >= 4 is 0 Å². The van der Waals surface area contributed by atoms with Crippen LogP contribution in [0.1, 0.15) is 38.4 Å². The normalized spacial score (nSPS) is 24.9. The molecule has 0 amide bonds. The van der Waals surface area contributed by atoms with E-state index in [1.165, 1.54) is 5.69 Å². The number of aryl methyl sites for hydroxylation is 1. The van der Waals surface area contributed by atoms with Gasteiger partial charge in [-0.1, -0.05) is 13.8 Å². The van der Waals surface area contributed by atoms with Gasteiger partial charge < -0.3 is 4.74 Å². The molecule has 1 heterocycles. The Labute approximate surface area is 86.1 Å². The first-order valence-corrected chi connectivity index (χ1v) is 5.34. The fraction of sp³-hybridized carbons (Fsp3) is 0.727. The number of rotatable bonds is 2. The van der Waals surface area contributed by atoms with Crippen LogP contribution in [0.25, 0.3) is 0 Å². The molecule has 1 fully saturated rings. The van der Waals surface area contributed by atoms with Crippen molar-refractivity contribution in [3.8, 4) is 0 Å². The lowest BCUT2D eigenvalue weighted by Gasteiger charge is -2.34. The first kappa shape index (κ1) is 11.2. The molecule has 1 aliphatic rings. The fourth-order valence-corrected chi connectivity index (χ4v) is 1.69. The van der Waals surface area contributed by atoms with Crippen molar-refractivity contribution in [1.29, 1.82) is 0 Å². The zero-order valence-electron chi connectivity index (χ0n) is 9.53. The van der Waals surface area contributed by atoms with Crippen LogP contribution >= 0.6 is 0 Å². The molecule has 14 heavy (non-hydrogen) atoms. The van der Waals surface area contributed by atoms with Crippen molar-refractivity contribution < 1.29 is 4.74 Å². The lowest BCUT2D eigenvalue weighted by atomic mass is 9.89. The Hall–Kier alpha value is -0.830. The smallest absolute Gasteiger partial charge is 0.0612 e. The number of aromatic nitrogens is 2. The summed E-state index contributed by atoms with van der Waals surface area (Å²) in [4.78, 5) is 0. The topological polar surface area (TPSA) is 27.1 Å². The molecule has 1 aromatic heterocycles. The molecule has 1 aromatic rings. The van der Waals surface area contributed by atoms with Gasteiger partial charge in [0.1, 0.15) is 0 Å². The second kappa shape index (κ2) is 5.15. The zero-order valence-corrected chi connectivity index (χ0v) is 9.53. The van der Waals surface area contributed by atoms with Gasteiger partial charge in [-0.05, 0) is 25.8 Å². The maximum absolute atomic E-state index is 5.21. The van der Waals surface area contributed by atoms with E-state index in [4.69, 9.17) is 4.74 Å². The maximum atomic E-state index is 5.21. The molecule has 3 nitrogen and oxygen atoms in total. The van der Waals surface area contributed by atoms with Crippen LogP contribution in [0.15, 0.2) is 12.3 Å². The predicted molar refractivity (Wildman–Crippen MR) is 57.4 cm³/mol. The summed E-state index contributed by atoms with van der Waals surface area (Å²) in [5.74, 6) is 0. The van der Waals surface area contributed by atoms with Crippen LogP contribution in [-0.4, -0.2) is 23.0 Å². The van der Waals surface area contributed by atoms with Gasteiger partial charge >= 0.3 is 0 Å². The molecule has 0 saturated heterocycles. The Bertz CT molecular complexity index is 264. The van der Waals surface area contributed by atoms with E-state index in [0.717, 1.165) is 12.8 Å². The van der Waals surface area contributed by atoms with Crippen LogP contribution in [0.2, 0.25) is 0 Å². The van der Waals surface area contributed by atoms with Crippen molar-refractivity contribution in [2.45, 2.75) is 45.8 Å². The van der Waals surface area contributed by atoms with Gasteiger partial charge in [0.2, 0.25) is 0 Å². The summed E-state index contributed by atoms with van der Waals surface area (Å²) in [6, 6.07) is 2.62. The molecular formula is C11H20N2O. The lowest BCUT2D eigenvalue weighted by molar-refractivity contribution is 0.00189. The molecule has 0 atom stereocenters. The molecule has 0 aliphatic heterocycles. The summed E-state index contributed by atoms with van der Waals surface area (Å²) in [6.07, 6.45) is 4.53. The molecule has 0 N–H and O–H groups in total. The number of nitrogens with zero attached hydrogens (tertiary/aromatic N) is 2. The third-order valence-electron chi connectivity index (χ3n) is 2.62. The summed E-state index contributed by atoms with van der Waals surface area (Å²) in [5.41, 5.74) is 1.24. The minimum Gasteiger partial charge on any atom is -0.381 e. The minimum absolute atomic E-state index is 0.457. The number of hydrogen-bond donors (Lipinski definition) is 0. The van der Waals surface area contributed by atoms with Crippen LogP contribution in [0.5, 0.6) is 0 Å². The maximum Gasteiger partial charge on any atom is 0.0612 e. The highest BCUT2D eigenvalue weighted by Crippen LogP contribution is 2.33. The van der Waals surface area contributed by atoms with E-state index in [1.807, 2.05) is 26.1 Å². The highest BCUT2D eigenvalue weighted by Gasteiger charge is 2.31. The summed E-state index contributed by atoms with van der Waals surface area (Å²) >= 11 is 0. The van der Waals surface area contributed by atoms with Gasteiger partial charge in [0, 0.05) is 19.0 Å². The second-order valence-electron chi connectivity index (χ2n) is 3.40. The molecule has 0 radical (unpaired) electrons. The van der Waals surface area contributed by atoms with Gasteiger partial charge in [0.15, 0.2) is 0 Å². The first-order valence-electron chi connectivity index (χ1n) is 5.34. The monoisotopic (exact) mass is 196 g/mol. The van der Waals surface area contributed by atoms with Gasteiger partial charge in [0.05, 0.1) is 12.1 Å². The molecular weight excluding hydrogens is 176 g/mol. The van der Waals surface area contributed by atoms with E-state index in [1.54, 1.807) is 7.11 Å². The van der Waals surface area contributed by atoms with E-state index >= 15 is 0 Å². The quantitative estimate of drug-likeness (QED) is 0.727. The fourth-order valence-electron chi connectivity index (χ4n) is 1.69. The Balaban J connectivity index is 0.000000461. The van der Waals surface area contributed by atoms with E-state index in [-0.39, 0.29) is 0 Å². The molecule has 0 bridgehead atoms. The molecule has 2 rings (SSSR count). The summed E-state index contributed by atoms with van der Waals surface area (Å²) in [6.45, 7) is 6.09. The summed E-state index contributed by atoms with van der Waals surface area (Å²) in [7, 11) is 1.77. The Morgan fingerprint density at radius 1 is 1.43 bits per heavy atom. The third kappa shape index (κ3) is 2.15. The van der Waals surface area contributed by atoms with E-state index < -0.39 is 0 Å².